The minimum atomic E-state index is -0.127. The molecule has 0 radical (unpaired) electrons. The second kappa shape index (κ2) is 8.98. The first kappa shape index (κ1) is 21.2. The highest BCUT2D eigenvalue weighted by Gasteiger charge is 2.34. The van der Waals surface area contributed by atoms with Gasteiger partial charge < -0.3 is 5.32 Å². The molecule has 0 aromatic heterocycles. The topological polar surface area (TPSA) is 49.4 Å². The maximum atomic E-state index is 12.6. The molecule has 4 nitrogen and oxygen atoms in total. The van der Waals surface area contributed by atoms with Gasteiger partial charge in [0.05, 0.1) is 5.75 Å². The van der Waals surface area contributed by atoms with Gasteiger partial charge in [-0.05, 0) is 78.9 Å². The summed E-state index contributed by atoms with van der Waals surface area (Å²) in [7, 11) is 0. The third kappa shape index (κ3) is 4.52. The molecule has 1 aliphatic heterocycles. The van der Waals surface area contributed by atoms with Crippen molar-refractivity contribution in [2.24, 2.45) is 0 Å². The Bertz CT molecular complexity index is 1110. The van der Waals surface area contributed by atoms with Crippen LogP contribution in [-0.4, -0.2) is 17.6 Å². The van der Waals surface area contributed by atoms with E-state index in [1.54, 1.807) is 11.8 Å². The molecule has 0 unspecified atom stereocenters. The molecule has 5 heteroatoms. The van der Waals surface area contributed by atoms with Gasteiger partial charge >= 0.3 is 0 Å². The second-order valence-corrected chi connectivity index (χ2v) is 8.89. The quantitative estimate of drug-likeness (QED) is 0.548. The van der Waals surface area contributed by atoms with Crippen LogP contribution in [0.15, 0.2) is 66.7 Å². The Morgan fingerprint density at radius 3 is 2.35 bits per heavy atom. The van der Waals surface area contributed by atoms with Crippen LogP contribution in [0.3, 0.4) is 0 Å². The van der Waals surface area contributed by atoms with E-state index in [4.69, 9.17) is 0 Å². The van der Waals surface area contributed by atoms with Crippen molar-refractivity contribution < 1.29 is 9.59 Å². The van der Waals surface area contributed by atoms with E-state index in [0.29, 0.717) is 11.3 Å². The predicted octanol–water partition coefficient (Wildman–Crippen LogP) is 5.90. The Labute approximate surface area is 187 Å². The molecule has 0 bridgehead atoms. The number of nitrogens with one attached hydrogen (secondary N) is 1. The molecule has 0 saturated carbocycles. The third-order valence-corrected chi connectivity index (χ3v) is 6.93. The number of amides is 2. The standard InChI is InChI=1S/C26H26N2O2S/c1-4-19-6-8-20(9-7-19)25(30)27-22-12-10-21(11-13-22)26-28(24(29)16-31-26)23-14-5-17(2)18(3)15-23/h5-15,26H,4,16H2,1-3H3,(H,27,30)/t26-/m0/s1. The summed E-state index contributed by atoms with van der Waals surface area (Å²) in [6.07, 6.45) is 0.949. The van der Waals surface area contributed by atoms with Crippen LogP contribution < -0.4 is 10.2 Å². The summed E-state index contributed by atoms with van der Waals surface area (Å²) in [6.45, 7) is 6.23. The highest BCUT2D eigenvalue weighted by atomic mass is 32.2. The monoisotopic (exact) mass is 430 g/mol. The number of hydrogen-bond acceptors (Lipinski definition) is 3. The smallest absolute Gasteiger partial charge is 0.255 e. The van der Waals surface area contributed by atoms with Gasteiger partial charge in [-0.3, -0.25) is 14.5 Å². The lowest BCUT2D eigenvalue weighted by molar-refractivity contribution is -0.115. The fourth-order valence-electron chi connectivity index (χ4n) is 3.65. The largest absolute Gasteiger partial charge is 0.322 e. The molecule has 1 saturated heterocycles. The van der Waals surface area contributed by atoms with Crippen LogP contribution in [0.5, 0.6) is 0 Å². The molecule has 158 valence electrons. The molecular formula is C26H26N2O2S. The lowest BCUT2D eigenvalue weighted by Crippen LogP contribution is -2.27. The molecule has 1 aliphatic rings. The number of thioether (sulfide) groups is 1. The van der Waals surface area contributed by atoms with Gasteiger partial charge in [0.25, 0.3) is 5.91 Å². The first-order valence-electron chi connectivity index (χ1n) is 10.5. The van der Waals surface area contributed by atoms with Gasteiger partial charge in [-0.2, -0.15) is 0 Å². The van der Waals surface area contributed by atoms with Crippen molar-refractivity contribution in [3.8, 4) is 0 Å². The Morgan fingerprint density at radius 2 is 1.71 bits per heavy atom. The predicted molar refractivity (Wildman–Crippen MR) is 129 cm³/mol. The Hall–Kier alpha value is -3.05. The summed E-state index contributed by atoms with van der Waals surface area (Å²) >= 11 is 1.63. The van der Waals surface area contributed by atoms with Crippen LogP contribution in [0.25, 0.3) is 0 Å². The van der Waals surface area contributed by atoms with E-state index in [9.17, 15) is 9.59 Å². The lowest BCUT2D eigenvalue weighted by Gasteiger charge is -2.25. The van der Waals surface area contributed by atoms with E-state index >= 15 is 0 Å². The van der Waals surface area contributed by atoms with E-state index in [1.807, 2.05) is 59.5 Å². The van der Waals surface area contributed by atoms with Crippen molar-refractivity contribution in [2.45, 2.75) is 32.6 Å². The van der Waals surface area contributed by atoms with Crippen LogP contribution in [0.4, 0.5) is 11.4 Å². The normalized spacial score (nSPS) is 15.9. The van der Waals surface area contributed by atoms with Crippen LogP contribution in [0, 0.1) is 13.8 Å². The molecular weight excluding hydrogens is 404 g/mol. The Balaban J connectivity index is 1.50. The molecule has 31 heavy (non-hydrogen) atoms. The van der Waals surface area contributed by atoms with E-state index in [0.717, 1.165) is 23.4 Å². The molecule has 1 atom stereocenters. The Kier molecular flexibility index (Phi) is 6.14. The average molecular weight is 431 g/mol. The molecule has 1 N–H and O–H groups in total. The van der Waals surface area contributed by atoms with Crippen LogP contribution in [-0.2, 0) is 11.2 Å². The summed E-state index contributed by atoms with van der Waals surface area (Å²) in [4.78, 5) is 27.0. The van der Waals surface area contributed by atoms with E-state index in [2.05, 4.69) is 38.2 Å². The minimum Gasteiger partial charge on any atom is -0.322 e. The maximum absolute atomic E-state index is 12.6. The number of anilines is 2. The number of hydrogen-bond donors (Lipinski definition) is 1. The number of carbonyl (C=O) groups excluding carboxylic acids is 2. The molecule has 0 aliphatic carbocycles. The van der Waals surface area contributed by atoms with E-state index in [1.165, 1.54) is 16.7 Å². The lowest BCUT2D eigenvalue weighted by atomic mass is 10.1. The highest BCUT2D eigenvalue weighted by molar-refractivity contribution is 8.00. The van der Waals surface area contributed by atoms with Crippen molar-refractivity contribution >= 4 is 35.0 Å². The molecule has 0 spiro atoms. The average Bonchev–Trinajstić information content (AvgIpc) is 3.17. The molecule has 3 aromatic carbocycles. The summed E-state index contributed by atoms with van der Waals surface area (Å²) in [5.74, 6) is 0.452. The number of benzene rings is 3. The fraction of sp³-hybridized carbons (Fsp3) is 0.231. The summed E-state index contributed by atoms with van der Waals surface area (Å²) in [5, 5.41) is 2.88. The third-order valence-electron chi connectivity index (χ3n) is 5.71. The SMILES string of the molecule is CCc1ccc(C(=O)Nc2ccc([C@@H]3SCC(=O)N3c3ccc(C)c(C)c3)cc2)cc1. The minimum absolute atomic E-state index is 0.0686. The van der Waals surface area contributed by atoms with Crippen LogP contribution >= 0.6 is 11.8 Å². The van der Waals surface area contributed by atoms with Gasteiger partial charge in [0.2, 0.25) is 5.91 Å². The van der Waals surface area contributed by atoms with Gasteiger partial charge in [0.1, 0.15) is 5.37 Å². The van der Waals surface area contributed by atoms with E-state index < -0.39 is 0 Å². The van der Waals surface area contributed by atoms with Gasteiger partial charge in [-0.25, -0.2) is 0 Å². The maximum Gasteiger partial charge on any atom is 0.255 e. The molecule has 3 aromatic rings. The highest BCUT2D eigenvalue weighted by Crippen LogP contribution is 2.42. The van der Waals surface area contributed by atoms with Crippen LogP contribution in [0.2, 0.25) is 0 Å². The van der Waals surface area contributed by atoms with Gasteiger partial charge in [-0.15, -0.1) is 11.8 Å². The Morgan fingerprint density at radius 1 is 1.00 bits per heavy atom. The molecule has 4 rings (SSSR count). The van der Waals surface area contributed by atoms with Crippen molar-refractivity contribution in [3.05, 3.63) is 94.5 Å². The van der Waals surface area contributed by atoms with Gasteiger partial charge in [0, 0.05) is 16.9 Å². The van der Waals surface area contributed by atoms with Crippen molar-refractivity contribution in [1.82, 2.24) is 0 Å². The second-order valence-electron chi connectivity index (χ2n) is 7.82. The molecule has 1 heterocycles. The van der Waals surface area contributed by atoms with Crippen molar-refractivity contribution in [1.29, 1.82) is 0 Å². The van der Waals surface area contributed by atoms with Gasteiger partial charge in [-0.1, -0.05) is 37.3 Å². The number of aryl methyl sites for hydroxylation is 3. The zero-order valence-corrected chi connectivity index (χ0v) is 18.8. The van der Waals surface area contributed by atoms with E-state index in [-0.39, 0.29) is 17.2 Å². The summed E-state index contributed by atoms with van der Waals surface area (Å²) in [5.41, 5.74) is 6.93. The zero-order chi connectivity index (χ0) is 22.0. The molecule has 2 amide bonds. The van der Waals surface area contributed by atoms with Gasteiger partial charge in [0.15, 0.2) is 0 Å². The number of nitrogens with zero attached hydrogens (tertiary/aromatic N) is 1. The summed E-state index contributed by atoms with van der Waals surface area (Å²) < 4.78 is 0. The van der Waals surface area contributed by atoms with Crippen LogP contribution in [0.1, 0.15) is 44.9 Å². The fourth-order valence-corrected chi connectivity index (χ4v) is 4.83. The van der Waals surface area contributed by atoms with Crippen molar-refractivity contribution in [3.63, 3.8) is 0 Å². The first-order valence-corrected chi connectivity index (χ1v) is 11.5. The summed E-state index contributed by atoms with van der Waals surface area (Å²) in [6, 6.07) is 21.6. The first-order chi connectivity index (χ1) is 15.0. The number of carbonyl (C=O) groups is 2. The number of rotatable bonds is 5. The van der Waals surface area contributed by atoms with Crippen molar-refractivity contribution in [2.75, 3.05) is 16.0 Å². The molecule has 1 fully saturated rings. The zero-order valence-electron chi connectivity index (χ0n) is 18.0.